The molecule has 0 N–H and O–H groups in total. The number of carbonyl (C=O) groups excluding carboxylic acids is 2. The standard InChI is InChI=1S/C27H24ClFN4O3/c1-2-36-27(35)19-4-3-13-32(16-19)26(34)24-14-22(17-7-11-21(29)12-8-17)30-25-15-23(31-33(24)25)18-5-9-20(28)10-6-18/h5-12,14-15,19H,2-4,13,16H2,1H3. The number of aromatic nitrogens is 3. The van der Waals surface area contributed by atoms with Gasteiger partial charge in [-0.15, -0.1) is 0 Å². The van der Waals surface area contributed by atoms with Gasteiger partial charge in [0, 0.05) is 35.3 Å². The number of benzene rings is 2. The first-order valence-corrected chi connectivity index (χ1v) is 12.2. The molecule has 3 heterocycles. The average molecular weight is 507 g/mol. The highest BCUT2D eigenvalue weighted by atomic mass is 35.5. The van der Waals surface area contributed by atoms with E-state index < -0.39 is 0 Å². The topological polar surface area (TPSA) is 76.8 Å². The van der Waals surface area contributed by atoms with Gasteiger partial charge in [-0.2, -0.15) is 5.10 Å². The van der Waals surface area contributed by atoms with Crippen molar-refractivity contribution >= 4 is 29.1 Å². The Bertz CT molecular complexity index is 1420. The summed E-state index contributed by atoms with van der Waals surface area (Å²) in [6.07, 6.45) is 1.38. The summed E-state index contributed by atoms with van der Waals surface area (Å²) in [7, 11) is 0. The molecular formula is C27H24ClFN4O3. The van der Waals surface area contributed by atoms with Crippen LogP contribution in [0.4, 0.5) is 4.39 Å². The molecule has 36 heavy (non-hydrogen) atoms. The highest BCUT2D eigenvalue weighted by molar-refractivity contribution is 6.30. The number of carbonyl (C=O) groups is 2. The first-order chi connectivity index (χ1) is 17.4. The van der Waals surface area contributed by atoms with E-state index in [2.05, 4.69) is 5.10 Å². The summed E-state index contributed by atoms with van der Waals surface area (Å²) in [5.74, 6) is -1.26. The Kier molecular flexibility index (Phi) is 6.69. The minimum Gasteiger partial charge on any atom is -0.466 e. The zero-order valence-corrected chi connectivity index (χ0v) is 20.4. The Labute approximate surface area is 212 Å². The third-order valence-electron chi connectivity index (χ3n) is 6.25. The van der Waals surface area contributed by atoms with E-state index in [9.17, 15) is 14.0 Å². The highest BCUT2D eigenvalue weighted by Crippen LogP contribution is 2.27. The van der Waals surface area contributed by atoms with Gasteiger partial charge in [-0.05, 0) is 62.2 Å². The molecule has 0 spiro atoms. The first kappa shape index (κ1) is 23.9. The molecule has 9 heteroatoms. The summed E-state index contributed by atoms with van der Waals surface area (Å²) in [5.41, 5.74) is 3.44. The van der Waals surface area contributed by atoms with Gasteiger partial charge in [0.2, 0.25) is 0 Å². The average Bonchev–Trinajstić information content (AvgIpc) is 3.33. The van der Waals surface area contributed by atoms with E-state index >= 15 is 0 Å². The Hall–Kier alpha value is -3.78. The van der Waals surface area contributed by atoms with Crippen molar-refractivity contribution in [3.8, 4) is 22.5 Å². The number of nitrogens with zero attached hydrogens (tertiary/aromatic N) is 4. The van der Waals surface area contributed by atoms with Crippen molar-refractivity contribution in [2.45, 2.75) is 19.8 Å². The smallest absolute Gasteiger partial charge is 0.310 e. The predicted molar refractivity (Wildman–Crippen MR) is 134 cm³/mol. The van der Waals surface area contributed by atoms with Crippen molar-refractivity contribution < 1.29 is 18.7 Å². The minimum atomic E-state index is -0.362. The number of piperidine rings is 1. The van der Waals surface area contributed by atoms with Crippen molar-refractivity contribution in [1.29, 1.82) is 0 Å². The second kappa shape index (κ2) is 10.1. The molecule has 184 valence electrons. The fourth-order valence-electron chi connectivity index (χ4n) is 4.43. The predicted octanol–water partition coefficient (Wildman–Crippen LogP) is 5.27. The van der Waals surface area contributed by atoms with Crippen molar-refractivity contribution in [1.82, 2.24) is 19.5 Å². The summed E-state index contributed by atoms with van der Waals surface area (Å²) in [4.78, 5) is 32.5. The third-order valence-corrected chi connectivity index (χ3v) is 6.51. The lowest BCUT2D eigenvalue weighted by Gasteiger charge is -2.31. The van der Waals surface area contributed by atoms with E-state index in [1.165, 1.54) is 16.6 Å². The molecule has 2 aromatic carbocycles. The largest absolute Gasteiger partial charge is 0.466 e. The molecule has 0 saturated carbocycles. The molecule has 2 aromatic heterocycles. The monoisotopic (exact) mass is 506 g/mol. The van der Waals surface area contributed by atoms with Crippen LogP contribution in [-0.2, 0) is 9.53 Å². The maximum Gasteiger partial charge on any atom is 0.310 e. The van der Waals surface area contributed by atoms with Crippen molar-refractivity contribution in [3.63, 3.8) is 0 Å². The molecule has 1 amide bonds. The van der Waals surface area contributed by atoms with Crippen molar-refractivity contribution in [3.05, 3.63) is 77.2 Å². The number of hydrogen-bond donors (Lipinski definition) is 0. The van der Waals surface area contributed by atoms with Crippen LogP contribution in [0.15, 0.2) is 60.7 Å². The SMILES string of the molecule is CCOC(=O)C1CCCN(C(=O)c2cc(-c3ccc(F)cc3)nc3cc(-c4ccc(Cl)cc4)nn23)C1. The lowest BCUT2D eigenvalue weighted by molar-refractivity contribution is -0.149. The van der Waals surface area contributed by atoms with Gasteiger partial charge in [-0.3, -0.25) is 9.59 Å². The van der Waals surface area contributed by atoms with E-state index in [-0.39, 0.29) is 30.2 Å². The first-order valence-electron chi connectivity index (χ1n) is 11.8. The number of amides is 1. The van der Waals surface area contributed by atoms with Crippen molar-refractivity contribution in [2.75, 3.05) is 19.7 Å². The fourth-order valence-corrected chi connectivity index (χ4v) is 4.56. The molecule has 1 unspecified atom stereocenters. The molecule has 5 rings (SSSR count). The maximum atomic E-state index is 13.8. The Morgan fingerprint density at radius 3 is 2.47 bits per heavy atom. The zero-order chi connectivity index (χ0) is 25.2. The summed E-state index contributed by atoms with van der Waals surface area (Å²) >= 11 is 6.04. The van der Waals surface area contributed by atoms with Crippen LogP contribution in [0.25, 0.3) is 28.2 Å². The normalized spacial score (nSPS) is 15.8. The van der Waals surface area contributed by atoms with E-state index in [0.717, 1.165) is 5.56 Å². The second-order valence-electron chi connectivity index (χ2n) is 8.68. The number of hydrogen-bond acceptors (Lipinski definition) is 5. The molecule has 1 aliphatic heterocycles. The van der Waals surface area contributed by atoms with E-state index in [1.807, 2.05) is 12.1 Å². The van der Waals surface area contributed by atoms with Crippen LogP contribution in [0.2, 0.25) is 5.02 Å². The summed E-state index contributed by atoms with van der Waals surface area (Å²) in [6.45, 7) is 2.87. The van der Waals surface area contributed by atoms with Crippen LogP contribution < -0.4 is 0 Å². The van der Waals surface area contributed by atoms with Gasteiger partial charge in [-0.1, -0.05) is 23.7 Å². The van der Waals surface area contributed by atoms with Gasteiger partial charge >= 0.3 is 5.97 Å². The van der Waals surface area contributed by atoms with E-state index in [0.29, 0.717) is 59.3 Å². The van der Waals surface area contributed by atoms with Gasteiger partial charge in [-0.25, -0.2) is 13.9 Å². The molecule has 1 saturated heterocycles. The van der Waals surface area contributed by atoms with Crippen LogP contribution in [0.5, 0.6) is 0 Å². The molecular weight excluding hydrogens is 483 g/mol. The molecule has 0 bridgehead atoms. The van der Waals surface area contributed by atoms with Gasteiger partial charge in [0.25, 0.3) is 5.91 Å². The molecule has 7 nitrogen and oxygen atoms in total. The van der Waals surface area contributed by atoms with Gasteiger partial charge in [0.15, 0.2) is 5.65 Å². The molecule has 0 aliphatic carbocycles. The van der Waals surface area contributed by atoms with E-state index in [1.54, 1.807) is 48.2 Å². The number of rotatable bonds is 5. The molecule has 1 atom stereocenters. The zero-order valence-electron chi connectivity index (χ0n) is 19.7. The van der Waals surface area contributed by atoms with Crippen LogP contribution in [0.1, 0.15) is 30.3 Å². The van der Waals surface area contributed by atoms with Gasteiger partial charge < -0.3 is 9.64 Å². The highest BCUT2D eigenvalue weighted by Gasteiger charge is 2.31. The van der Waals surface area contributed by atoms with Crippen LogP contribution in [0, 0.1) is 11.7 Å². The van der Waals surface area contributed by atoms with Crippen LogP contribution >= 0.6 is 11.6 Å². The third kappa shape index (κ3) is 4.81. The lowest BCUT2D eigenvalue weighted by atomic mass is 9.98. The number of fused-ring (bicyclic) bond motifs is 1. The van der Waals surface area contributed by atoms with Crippen molar-refractivity contribution in [2.24, 2.45) is 5.92 Å². The maximum absolute atomic E-state index is 13.8. The summed E-state index contributed by atoms with van der Waals surface area (Å²) in [6, 6.07) is 16.6. The van der Waals surface area contributed by atoms with Crippen LogP contribution in [0.3, 0.4) is 0 Å². The fraction of sp³-hybridized carbons (Fsp3) is 0.259. The minimum absolute atomic E-state index is 0.259. The summed E-state index contributed by atoms with van der Waals surface area (Å²) < 4.78 is 20.2. The molecule has 0 radical (unpaired) electrons. The molecule has 1 fully saturated rings. The number of ether oxygens (including phenoxy) is 1. The molecule has 1 aliphatic rings. The quantitative estimate of drug-likeness (QED) is 0.345. The number of esters is 1. The molecule has 4 aromatic rings. The van der Waals surface area contributed by atoms with E-state index in [4.69, 9.17) is 21.3 Å². The Morgan fingerprint density at radius 2 is 1.75 bits per heavy atom. The number of halogens is 2. The Morgan fingerprint density at radius 1 is 1.06 bits per heavy atom. The lowest BCUT2D eigenvalue weighted by Crippen LogP contribution is -2.43. The van der Waals surface area contributed by atoms with Crippen LogP contribution in [-0.4, -0.2) is 51.1 Å². The summed E-state index contributed by atoms with van der Waals surface area (Å²) in [5, 5.41) is 5.28. The number of likely N-dealkylation sites (tertiary alicyclic amines) is 1. The Balaban J connectivity index is 1.58. The van der Waals surface area contributed by atoms with Gasteiger partial charge in [0.1, 0.15) is 11.5 Å². The van der Waals surface area contributed by atoms with Gasteiger partial charge in [0.05, 0.1) is 23.9 Å². The second-order valence-corrected chi connectivity index (χ2v) is 9.12.